The zero-order valence-electron chi connectivity index (χ0n) is 10.6. The topological polar surface area (TPSA) is 63.8 Å². The Morgan fingerprint density at radius 1 is 1.11 bits per heavy atom. The summed E-state index contributed by atoms with van der Waals surface area (Å²) >= 11 is 0. The van der Waals surface area contributed by atoms with E-state index in [1.807, 2.05) is 43.3 Å². The third kappa shape index (κ3) is 2.20. The SMILES string of the molecule is Cc1cnc(Nc2cccc3cccnc23)cc1N. The van der Waals surface area contributed by atoms with Crippen LogP contribution in [0.5, 0.6) is 0 Å². The molecule has 2 heterocycles. The maximum Gasteiger partial charge on any atom is 0.132 e. The van der Waals surface area contributed by atoms with Crippen LogP contribution in [0.4, 0.5) is 17.2 Å². The summed E-state index contributed by atoms with van der Waals surface area (Å²) in [6.45, 7) is 1.94. The lowest BCUT2D eigenvalue weighted by Crippen LogP contribution is -1.98. The van der Waals surface area contributed by atoms with E-state index in [0.29, 0.717) is 0 Å². The highest BCUT2D eigenvalue weighted by Gasteiger charge is 2.03. The number of para-hydroxylation sites is 1. The lowest BCUT2D eigenvalue weighted by atomic mass is 10.2. The summed E-state index contributed by atoms with van der Waals surface area (Å²) in [5.41, 5.74) is 9.44. The highest BCUT2D eigenvalue weighted by atomic mass is 15.0. The summed E-state index contributed by atoms with van der Waals surface area (Å²) in [7, 11) is 0. The maximum atomic E-state index is 5.89. The summed E-state index contributed by atoms with van der Waals surface area (Å²) in [6, 6.07) is 11.8. The molecule has 0 unspecified atom stereocenters. The minimum absolute atomic E-state index is 0.723. The molecule has 0 fully saturated rings. The van der Waals surface area contributed by atoms with E-state index in [-0.39, 0.29) is 0 Å². The van der Waals surface area contributed by atoms with Crippen molar-refractivity contribution in [3.05, 3.63) is 54.4 Å². The number of anilines is 3. The van der Waals surface area contributed by atoms with Crippen molar-refractivity contribution in [2.24, 2.45) is 0 Å². The molecule has 94 valence electrons. The molecule has 0 amide bonds. The molecule has 3 N–H and O–H groups in total. The first-order valence-corrected chi connectivity index (χ1v) is 6.07. The van der Waals surface area contributed by atoms with Gasteiger partial charge in [-0.15, -0.1) is 0 Å². The van der Waals surface area contributed by atoms with Crippen LogP contribution in [0.1, 0.15) is 5.56 Å². The molecule has 0 aliphatic rings. The predicted octanol–water partition coefficient (Wildman–Crippen LogP) is 3.26. The van der Waals surface area contributed by atoms with Crippen LogP contribution in [0.25, 0.3) is 10.9 Å². The second-order valence-corrected chi connectivity index (χ2v) is 4.43. The lowest BCUT2D eigenvalue weighted by Gasteiger charge is -2.09. The van der Waals surface area contributed by atoms with Gasteiger partial charge in [0, 0.05) is 29.5 Å². The van der Waals surface area contributed by atoms with Crippen molar-refractivity contribution < 1.29 is 0 Å². The van der Waals surface area contributed by atoms with Gasteiger partial charge in [-0.3, -0.25) is 4.98 Å². The van der Waals surface area contributed by atoms with Crippen molar-refractivity contribution in [3.63, 3.8) is 0 Å². The number of nitrogens with two attached hydrogens (primary N) is 1. The normalized spacial score (nSPS) is 10.6. The van der Waals surface area contributed by atoms with E-state index < -0.39 is 0 Å². The number of rotatable bonds is 2. The van der Waals surface area contributed by atoms with Crippen molar-refractivity contribution >= 4 is 28.1 Å². The number of nitrogen functional groups attached to an aromatic ring is 1. The van der Waals surface area contributed by atoms with E-state index in [4.69, 9.17) is 5.73 Å². The van der Waals surface area contributed by atoms with Gasteiger partial charge in [-0.1, -0.05) is 18.2 Å². The van der Waals surface area contributed by atoms with Gasteiger partial charge < -0.3 is 11.1 Å². The van der Waals surface area contributed by atoms with Gasteiger partial charge in [-0.25, -0.2) is 4.98 Å². The minimum atomic E-state index is 0.723. The van der Waals surface area contributed by atoms with Crippen LogP contribution in [-0.4, -0.2) is 9.97 Å². The Labute approximate surface area is 111 Å². The Bertz CT molecular complexity index is 732. The zero-order valence-corrected chi connectivity index (χ0v) is 10.6. The number of fused-ring (bicyclic) bond motifs is 1. The van der Waals surface area contributed by atoms with Crippen molar-refractivity contribution in [2.75, 3.05) is 11.1 Å². The Morgan fingerprint density at radius 3 is 2.79 bits per heavy atom. The van der Waals surface area contributed by atoms with E-state index in [2.05, 4.69) is 15.3 Å². The molecule has 0 spiro atoms. The standard InChI is InChI=1S/C15H14N4/c1-10-9-18-14(8-12(10)16)19-13-6-2-4-11-5-3-7-17-15(11)13/h2-9H,1H3,(H3,16,18,19). The minimum Gasteiger partial charge on any atom is -0.398 e. The van der Waals surface area contributed by atoms with Gasteiger partial charge in [0.2, 0.25) is 0 Å². The molecule has 0 aliphatic carbocycles. The van der Waals surface area contributed by atoms with Gasteiger partial charge in [0.15, 0.2) is 0 Å². The number of pyridine rings is 2. The monoisotopic (exact) mass is 250 g/mol. The van der Waals surface area contributed by atoms with Crippen molar-refractivity contribution in [3.8, 4) is 0 Å². The van der Waals surface area contributed by atoms with Crippen LogP contribution in [0.15, 0.2) is 48.8 Å². The average molecular weight is 250 g/mol. The Balaban J connectivity index is 2.03. The van der Waals surface area contributed by atoms with Gasteiger partial charge in [-0.2, -0.15) is 0 Å². The van der Waals surface area contributed by atoms with Crippen LogP contribution < -0.4 is 11.1 Å². The quantitative estimate of drug-likeness (QED) is 0.732. The van der Waals surface area contributed by atoms with E-state index >= 15 is 0 Å². The maximum absolute atomic E-state index is 5.89. The van der Waals surface area contributed by atoms with Crippen LogP contribution in [0.3, 0.4) is 0 Å². The van der Waals surface area contributed by atoms with E-state index in [1.165, 1.54) is 0 Å². The second-order valence-electron chi connectivity index (χ2n) is 4.43. The summed E-state index contributed by atoms with van der Waals surface area (Å²) in [5, 5.41) is 4.35. The molecule has 0 atom stereocenters. The molecule has 0 aliphatic heterocycles. The smallest absolute Gasteiger partial charge is 0.132 e. The summed E-state index contributed by atoms with van der Waals surface area (Å²) in [4.78, 5) is 8.72. The highest BCUT2D eigenvalue weighted by Crippen LogP contribution is 2.24. The van der Waals surface area contributed by atoms with E-state index in [0.717, 1.165) is 33.7 Å². The third-order valence-corrected chi connectivity index (χ3v) is 3.04. The fraction of sp³-hybridized carbons (Fsp3) is 0.0667. The molecule has 0 radical (unpaired) electrons. The van der Waals surface area contributed by atoms with Crippen LogP contribution in [0.2, 0.25) is 0 Å². The first-order valence-electron chi connectivity index (χ1n) is 6.07. The molecule has 3 rings (SSSR count). The van der Waals surface area contributed by atoms with E-state index in [9.17, 15) is 0 Å². The fourth-order valence-electron chi connectivity index (χ4n) is 1.95. The summed E-state index contributed by atoms with van der Waals surface area (Å²) in [5.74, 6) is 0.723. The molecule has 1 aromatic carbocycles. The molecule has 2 aromatic heterocycles. The lowest BCUT2D eigenvalue weighted by molar-refractivity contribution is 1.26. The number of hydrogen-bond donors (Lipinski definition) is 2. The molecule has 0 saturated heterocycles. The fourth-order valence-corrected chi connectivity index (χ4v) is 1.95. The molecule has 4 heteroatoms. The molecule has 0 bridgehead atoms. The van der Waals surface area contributed by atoms with Crippen LogP contribution in [0, 0.1) is 6.92 Å². The number of aromatic nitrogens is 2. The predicted molar refractivity (Wildman–Crippen MR) is 78.4 cm³/mol. The number of hydrogen-bond acceptors (Lipinski definition) is 4. The molecule has 0 saturated carbocycles. The highest BCUT2D eigenvalue weighted by molar-refractivity contribution is 5.91. The first kappa shape index (κ1) is 11.5. The third-order valence-electron chi connectivity index (χ3n) is 3.04. The van der Waals surface area contributed by atoms with Gasteiger partial charge in [0.25, 0.3) is 0 Å². The summed E-state index contributed by atoms with van der Waals surface area (Å²) in [6.07, 6.45) is 3.54. The van der Waals surface area contributed by atoms with Gasteiger partial charge in [0.1, 0.15) is 5.82 Å². The second kappa shape index (κ2) is 4.57. The molecular weight excluding hydrogens is 236 g/mol. The van der Waals surface area contributed by atoms with Crippen molar-refractivity contribution in [2.45, 2.75) is 6.92 Å². The van der Waals surface area contributed by atoms with Gasteiger partial charge >= 0.3 is 0 Å². The number of nitrogens with one attached hydrogen (secondary N) is 1. The number of aryl methyl sites for hydroxylation is 1. The Hall–Kier alpha value is -2.62. The zero-order chi connectivity index (χ0) is 13.2. The van der Waals surface area contributed by atoms with Gasteiger partial charge in [-0.05, 0) is 24.6 Å². The largest absolute Gasteiger partial charge is 0.398 e. The van der Waals surface area contributed by atoms with Crippen LogP contribution in [-0.2, 0) is 0 Å². The Kier molecular flexibility index (Phi) is 2.76. The number of benzene rings is 1. The molecular formula is C15H14N4. The molecule has 3 aromatic rings. The molecule has 4 nitrogen and oxygen atoms in total. The Morgan fingerprint density at radius 2 is 1.95 bits per heavy atom. The average Bonchev–Trinajstić information content (AvgIpc) is 2.43. The first-order chi connectivity index (χ1) is 9.24. The van der Waals surface area contributed by atoms with Crippen LogP contribution >= 0.6 is 0 Å². The summed E-state index contributed by atoms with van der Waals surface area (Å²) < 4.78 is 0. The van der Waals surface area contributed by atoms with E-state index in [1.54, 1.807) is 12.4 Å². The van der Waals surface area contributed by atoms with Crippen molar-refractivity contribution in [1.82, 2.24) is 9.97 Å². The number of nitrogens with zero attached hydrogens (tertiary/aromatic N) is 2. The molecule has 19 heavy (non-hydrogen) atoms. The van der Waals surface area contributed by atoms with Gasteiger partial charge in [0.05, 0.1) is 11.2 Å². The van der Waals surface area contributed by atoms with Crippen molar-refractivity contribution in [1.29, 1.82) is 0 Å².